The lowest BCUT2D eigenvalue weighted by Crippen LogP contribution is -2.37. The first-order chi connectivity index (χ1) is 11.5. The molecule has 24 heavy (non-hydrogen) atoms. The van der Waals surface area contributed by atoms with Crippen molar-refractivity contribution in [3.63, 3.8) is 0 Å². The Balaban J connectivity index is 1.67. The Morgan fingerprint density at radius 3 is 1.50 bits per heavy atom. The van der Waals surface area contributed by atoms with Crippen LogP contribution in [0.25, 0.3) is 0 Å². The van der Waals surface area contributed by atoms with E-state index in [-0.39, 0.29) is 0 Å². The molecule has 128 valence electrons. The summed E-state index contributed by atoms with van der Waals surface area (Å²) in [5.41, 5.74) is 8.08. The minimum Gasteiger partial charge on any atom is -0.362 e. The van der Waals surface area contributed by atoms with E-state index in [0.29, 0.717) is 0 Å². The summed E-state index contributed by atoms with van der Waals surface area (Å²) in [5, 5.41) is 7.32. The molecule has 3 heteroatoms. The SMILES string of the molecule is Cc1ccc(CCNC(=S)NCCc2ccc(C)c(C)c2)cc1C. The third-order valence-electron chi connectivity index (χ3n) is 4.54. The second-order valence-electron chi connectivity index (χ2n) is 6.52. The van der Waals surface area contributed by atoms with Crippen LogP contribution in [0.4, 0.5) is 0 Å². The minimum atomic E-state index is 0.739. The van der Waals surface area contributed by atoms with Crippen molar-refractivity contribution < 1.29 is 0 Å². The summed E-state index contributed by atoms with van der Waals surface area (Å²) in [6.07, 6.45) is 1.97. The van der Waals surface area contributed by atoms with Crippen LogP contribution < -0.4 is 10.6 Å². The van der Waals surface area contributed by atoms with Crippen molar-refractivity contribution in [1.29, 1.82) is 0 Å². The maximum absolute atomic E-state index is 5.36. The Morgan fingerprint density at radius 2 is 1.12 bits per heavy atom. The summed E-state index contributed by atoms with van der Waals surface area (Å²) in [7, 11) is 0. The highest BCUT2D eigenvalue weighted by Gasteiger charge is 2.00. The second-order valence-corrected chi connectivity index (χ2v) is 6.93. The molecule has 0 aliphatic carbocycles. The van der Waals surface area contributed by atoms with E-state index in [4.69, 9.17) is 12.2 Å². The summed E-state index contributed by atoms with van der Waals surface area (Å²) in [4.78, 5) is 0. The lowest BCUT2D eigenvalue weighted by Gasteiger charge is -2.11. The van der Waals surface area contributed by atoms with Crippen LogP contribution in [0, 0.1) is 27.7 Å². The largest absolute Gasteiger partial charge is 0.362 e. The van der Waals surface area contributed by atoms with Crippen LogP contribution in [-0.4, -0.2) is 18.2 Å². The molecule has 0 radical (unpaired) electrons. The highest BCUT2D eigenvalue weighted by molar-refractivity contribution is 7.80. The summed E-state index contributed by atoms with van der Waals surface area (Å²) in [6, 6.07) is 13.3. The molecule has 0 unspecified atom stereocenters. The molecule has 0 fully saturated rings. The molecule has 2 N–H and O–H groups in total. The highest BCUT2D eigenvalue weighted by Crippen LogP contribution is 2.10. The molecular formula is C21H28N2S. The van der Waals surface area contributed by atoms with Crippen molar-refractivity contribution in [2.75, 3.05) is 13.1 Å². The van der Waals surface area contributed by atoms with Gasteiger partial charge in [-0.1, -0.05) is 36.4 Å². The zero-order valence-electron chi connectivity index (χ0n) is 15.2. The first-order valence-electron chi connectivity index (χ1n) is 8.59. The van der Waals surface area contributed by atoms with E-state index in [1.54, 1.807) is 0 Å². The molecule has 2 aromatic carbocycles. The first kappa shape index (κ1) is 18.5. The van der Waals surface area contributed by atoms with Gasteiger partial charge in [0.15, 0.2) is 5.11 Å². The fourth-order valence-corrected chi connectivity index (χ4v) is 2.83. The molecule has 2 nitrogen and oxygen atoms in total. The van der Waals surface area contributed by atoms with Crippen LogP contribution in [0.2, 0.25) is 0 Å². The Bertz CT molecular complexity index is 647. The second kappa shape index (κ2) is 8.84. The molecular weight excluding hydrogens is 312 g/mol. The average Bonchev–Trinajstić information content (AvgIpc) is 2.54. The standard InChI is InChI=1S/C21H28N2S/c1-15-5-7-19(13-17(15)3)9-11-22-21(24)23-12-10-20-8-6-16(2)18(4)14-20/h5-8,13-14H,9-12H2,1-4H3,(H2,22,23,24). The van der Waals surface area contributed by atoms with Crippen LogP contribution in [0.15, 0.2) is 36.4 Å². The van der Waals surface area contributed by atoms with Crippen LogP contribution in [-0.2, 0) is 12.8 Å². The number of hydrogen-bond acceptors (Lipinski definition) is 1. The maximum atomic E-state index is 5.36. The van der Waals surface area contributed by atoms with Crippen molar-refractivity contribution in [3.05, 3.63) is 69.8 Å². The van der Waals surface area contributed by atoms with Crippen molar-refractivity contribution in [3.8, 4) is 0 Å². The quantitative estimate of drug-likeness (QED) is 0.772. The molecule has 2 rings (SSSR count). The van der Waals surface area contributed by atoms with Gasteiger partial charge in [0.05, 0.1) is 0 Å². The van der Waals surface area contributed by atoms with E-state index >= 15 is 0 Å². The molecule has 0 saturated heterocycles. The fourth-order valence-electron chi connectivity index (χ4n) is 2.62. The average molecular weight is 341 g/mol. The number of thiocarbonyl (C=S) groups is 1. The van der Waals surface area contributed by atoms with Crippen LogP contribution in [0.3, 0.4) is 0 Å². The molecule has 0 saturated carbocycles. The van der Waals surface area contributed by atoms with Crippen LogP contribution >= 0.6 is 12.2 Å². The lowest BCUT2D eigenvalue weighted by atomic mass is 10.0. The maximum Gasteiger partial charge on any atom is 0.166 e. The number of benzene rings is 2. The molecule has 0 heterocycles. The van der Waals surface area contributed by atoms with E-state index in [9.17, 15) is 0 Å². The molecule has 0 atom stereocenters. The highest BCUT2D eigenvalue weighted by atomic mass is 32.1. The van der Waals surface area contributed by atoms with Gasteiger partial charge in [-0.3, -0.25) is 0 Å². The third-order valence-corrected chi connectivity index (χ3v) is 4.83. The molecule has 0 aliphatic rings. The monoisotopic (exact) mass is 340 g/mol. The molecule has 0 amide bonds. The summed E-state index contributed by atoms with van der Waals surface area (Å²) in [6.45, 7) is 10.3. The van der Waals surface area contributed by atoms with Gasteiger partial charge in [-0.25, -0.2) is 0 Å². The van der Waals surface area contributed by atoms with Crippen molar-refractivity contribution in [1.82, 2.24) is 10.6 Å². The lowest BCUT2D eigenvalue weighted by molar-refractivity contribution is 0.801. The number of aryl methyl sites for hydroxylation is 4. The van der Waals surface area contributed by atoms with E-state index in [2.05, 4.69) is 74.7 Å². The number of nitrogens with one attached hydrogen (secondary N) is 2. The van der Waals surface area contributed by atoms with Crippen molar-refractivity contribution in [2.45, 2.75) is 40.5 Å². The van der Waals surface area contributed by atoms with Crippen LogP contribution in [0.1, 0.15) is 33.4 Å². The smallest absolute Gasteiger partial charge is 0.166 e. The van der Waals surface area contributed by atoms with E-state index in [1.165, 1.54) is 33.4 Å². The van der Waals surface area contributed by atoms with Gasteiger partial charge in [-0.15, -0.1) is 0 Å². The van der Waals surface area contributed by atoms with Crippen molar-refractivity contribution in [2.24, 2.45) is 0 Å². The minimum absolute atomic E-state index is 0.739. The van der Waals surface area contributed by atoms with Gasteiger partial charge in [0.2, 0.25) is 0 Å². The van der Waals surface area contributed by atoms with Gasteiger partial charge < -0.3 is 10.6 Å². The van der Waals surface area contributed by atoms with Gasteiger partial charge in [-0.2, -0.15) is 0 Å². The Labute approximate surface area is 151 Å². The predicted molar refractivity (Wildman–Crippen MR) is 108 cm³/mol. The molecule has 0 aliphatic heterocycles. The topological polar surface area (TPSA) is 24.1 Å². The van der Waals surface area contributed by atoms with Crippen molar-refractivity contribution >= 4 is 17.3 Å². The van der Waals surface area contributed by atoms with E-state index in [0.717, 1.165) is 31.0 Å². The van der Waals surface area contributed by atoms with Gasteiger partial charge in [-0.05, 0) is 86.1 Å². The zero-order chi connectivity index (χ0) is 17.5. The van der Waals surface area contributed by atoms with E-state index in [1.807, 2.05) is 0 Å². The summed E-state index contributed by atoms with van der Waals surface area (Å²) >= 11 is 5.36. The van der Waals surface area contributed by atoms with E-state index < -0.39 is 0 Å². The van der Waals surface area contributed by atoms with Gasteiger partial charge in [0.1, 0.15) is 0 Å². The molecule has 0 aromatic heterocycles. The molecule has 0 bridgehead atoms. The van der Waals surface area contributed by atoms with Gasteiger partial charge in [0, 0.05) is 13.1 Å². The Kier molecular flexibility index (Phi) is 6.80. The summed E-state index contributed by atoms with van der Waals surface area (Å²) < 4.78 is 0. The number of rotatable bonds is 6. The predicted octanol–water partition coefficient (Wildman–Crippen LogP) is 4.17. The van der Waals surface area contributed by atoms with Gasteiger partial charge in [0.25, 0.3) is 0 Å². The van der Waals surface area contributed by atoms with Gasteiger partial charge >= 0.3 is 0 Å². The first-order valence-corrected chi connectivity index (χ1v) is 9.00. The Hall–Kier alpha value is -1.87. The summed E-state index contributed by atoms with van der Waals surface area (Å²) in [5.74, 6) is 0. The fraction of sp³-hybridized carbons (Fsp3) is 0.381. The normalized spacial score (nSPS) is 10.5. The molecule has 0 spiro atoms. The molecule has 2 aromatic rings. The van der Waals surface area contributed by atoms with Crippen LogP contribution in [0.5, 0.6) is 0 Å². The third kappa shape index (κ3) is 5.64. The Morgan fingerprint density at radius 1 is 0.708 bits per heavy atom. The zero-order valence-corrected chi connectivity index (χ0v) is 16.0. The number of hydrogen-bond donors (Lipinski definition) is 2.